The zero-order chi connectivity index (χ0) is 11.6. The van der Waals surface area contributed by atoms with Crippen molar-refractivity contribution >= 4 is 0 Å². The fraction of sp³-hybridized carbons (Fsp3) is 0.571. The van der Waals surface area contributed by atoms with Crippen molar-refractivity contribution in [3.8, 4) is 0 Å². The van der Waals surface area contributed by atoms with E-state index in [4.69, 9.17) is 4.74 Å². The molecule has 1 N–H and O–H groups in total. The lowest BCUT2D eigenvalue weighted by Gasteiger charge is -2.44. The van der Waals surface area contributed by atoms with Gasteiger partial charge < -0.3 is 10.1 Å². The molecule has 1 unspecified atom stereocenters. The van der Waals surface area contributed by atoms with Crippen molar-refractivity contribution < 1.29 is 4.74 Å². The van der Waals surface area contributed by atoms with Gasteiger partial charge in [-0.15, -0.1) is 0 Å². The molecule has 1 aromatic rings. The van der Waals surface area contributed by atoms with Crippen LogP contribution in [0.15, 0.2) is 30.3 Å². The Morgan fingerprint density at radius 1 is 1.12 bits per heavy atom. The first-order valence-corrected chi connectivity index (χ1v) is 5.94. The van der Waals surface area contributed by atoms with Crippen LogP contribution in [0.3, 0.4) is 0 Å². The first kappa shape index (κ1) is 11.6. The monoisotopic (exact) mass is 219 g/mol. The van der Waals surface area contributed by atoms with Gasteiger partial charge in [-0.2, -0.15) is 0 Å². The fourth-order valence-electron chi connectivity index (χ4n) is 2.49. The van der Waals surface area contributed by atoms with Crippen molar-refractivity contribution in [3.05, 3.63) is 35.9 Å². The van der Waals surface area contributed by atoms with Gasteiger partial charge in [0.15, 0.2) is 0 Å². The molecule has 0 amide bonds. The number of morpholine rings is 1. The van der Waals surface area contributed by atoms with Gasteiger partial charge in [0.1, 0.15) is 0 Å². The van der Waals surface area contributed by atoms with E-state index < -0.39 is 0 Å². The molecule has 16 heavy (non-hydrogen) atoms. The lowest BCUT2D eigenvalue weighted by atomic mass is 9.92. The van der Waals surface area contributed by atoms with E-state index in [1.165, 1.54) is 5.56 Å². The van der Waals surface area contributed by atoms with Gasteiger partial charge in [-0.25, -0.2) is 0 Å². The molecule has 1 saturated heterocycles. The lowest BCUT2D eigenvalue weighted by Crippen LogP contribution is -2.57. The SMILES string of the molecule is CC1(C)CNCC(C)(Cc2ccccc2)O1. The second-order valence-electron chi connectivity index (χ2n) is 5.58. The van der Waals surface area contributed by atoms with Crippen LogP contribution in [-0.4, -0.2) is 24.3 Å². The maximum atomic E-state index is 6.20. The van der Waals surface area contributed by atoms with Crippen LogP contribution in [0.1, 0.15) is 26.3 Å². The number of hydrogen-bond donors (Lipinski definition) is 1. The molecule has 0 radical (unpaired) electrons. The first-order valence-electron chi connectivity index (χ1n) is 5.94. The van der Waals surface area contributed by atoms with Gasteiger partial charge in [-0.3, -0.25) is 0 Å². The maximum absolute atomic E-state index is 6.20. The fourth-order valence-corrected chi connectivity index (χ4v) is 2.49. The van der Waals surface area contributed by atoms with E-state index >= 15 is 0 Å². The van der Waals surface area contributed by atoms with E-state index in [0.717, 1.165) is 19.5 Å². The smallest absolute Gasteiger partial charge is 0.0826 e. The number of ether oxygens (including phenoxy) is 1. The minimum atomic E-state index is -0.0941. The minimum absolute atomic E-state index is 0.0677. The van der Waals surface area contributed by atoms with Crippen LogP contribution in [0, 0.1) is 0 Å². The molecule has 2 rings (SSSR count). The highest BCUT2D eigenvalue weighted by molar-refractivity contribution is 5.17. The van der Waals surface area contributed by atoms with Crippen LogP contribution in [0.2, 0.25) is 0 Å². The van der Waals surface area contributed by atoms with Crippen LogP contribution in [0.4, 0.5) is 0 Å². The highest BCUT2D eigenvalue weighted by Gasteiger charge is 2.37. The third kappa shape index (κ3) is 2.83. The van der Waals surface area contributed by atoms with Crippen LogP contribution < -0.4 is 5.32 Å². The predicted octanol–water partition coefficient (Wildman–Crippen LogP) is 2.39. The van der Waals surface area contributed by atoms with Gasteiger partial charge in [0.05, 0.1) is 11.2 Å². The average Bonchev–Trinajstić information content (AvgIpc) is 2.16. The van der Waals surface area contributed by atoms with Gasteiger partial charge >= 0.3 is 0 Å². The second-order valence-corrected chi connectivity index (χ2v) is 5.58. The summed E-state index contributed by atoms with van der Waals surface area (Å²) in [4.78, 5) is 0. The number of benzene rings is 1. The third-order valence-electron chi connectivity index (χ3n) is 2.99. The largest absolute Gasteiger partial charge is 0.366 e. The Balaban J connectivity index is 2.08. The second kappa shape index (κ2) is 4.19. The normalized spacial score (nSPS) is 28.9. The molecule has 1 aliphatic heterocycles. The van der Waals surface area contributed by atoms with Gasteiger partial charge in [0, 0.05) is 19.5 Å². The van der Waals surface area contributed by atoms with Gasteiger partial charge in [0.2, 0.25) is 0 Å². The van der Waals surface area contributed by atoms with Crippen LogP contribution in [-0.2, 0) is 11.2 Å². The van der Waals surface area contributed by atoms with E-state index in [-0.39, 0.29) is 11.2 Å². The molecular weight excluding hydrogens is 198 g/mol. The highest BCUT2D eigenvalue weighted by atomic mass is 16.5. The van der Waals surface area contributed by atoms with E-state index in [1.54, 1.807) is 0 Å². The summed E-state index contributed by atoms with van der Waals surface area (Å²) in [7, 11) is 0. The molecule has 0 spiro atoms. The molecule has 0 aliphatic carbocycles. The molecular formula is C14H21NO. The van der Waals surface area contributed by atoms with E-state index in [1.807, 2.05) is 0 Å². The van der Waals surface area contributed by atoms with Crippen LogP contribution >= 0.6 is 0 Å². The lowest BCUT2D eigenvalue weighted by molar-refractivity contribution is -0.151. The Hall–Kier alpha value is -0.860. The molecule has 0 bridgehead atoms. The Morgan fingerprint density at radius 2 is 1.81 bits per heavy atom. The summed E-state index contributed by atoms with van der Waals surface area (Å²) in [5.41, 5.74) is 1.18. The highest BCUT2D eigenvalue weighted by Crippen LogP contribution is 2.27. The van der Waals surface area contributed by atoms with Crippen LogP contribution in [0.25, 0.3) is 0 Å². The summed E-state index contributed by atoms with van der Waals surface area (Å²) in [6, 6.07) is 10.5. The van der Waals surface area contributed by atoms with E-state index in [0.29, 0.717) is 0 Å². The van der Waals surface area contributed by atoms with Crippen molar-refractivity contribution in [2.24, 2.45) is 0 Å². The summed E-state index contributed by atoms with van der Waals surface area (Å²) in [5, 5.41) is 3.46. The van der Waals surface area contributed by atoms with E-state index in [2.05, 4.69) is 56.4 Å². The molecule has 0 saturated carbocycles. The predicted molar refractivity (Wildman–Crippen MR) is 66.6 cm³/mol. The van der Waals surface area contributed by atoms with Crippen molar-refractivity contribution in [1.82, 2.24) is 5.32 Å². The zero-order valence-electron chi connectivity index (χ0n) is 10.4. The third-order valence-corrected chi connectivity index (χ3v) is 2.99. The number of rotatable bonds is 2. The first-order chi connectivity index (χ1) is 7.49. The standard InChI is InChI=1S/C14H21NO/c1-13(2)10-15-11-14(3,16-13)9-12-7-5-4-6-8-12/h4-8,15H,9-11H2,1-3H3. The molecule has 1 atom stereocenters. The summed E-state index contributed by atoms with van der Waals surface area (Å²) in [6.45, 7) is 8.32. The Morgan fingerprint density at radius 3 is 2.44 bits per heavy atom. The van der Waals surface area contributed by atoms with Crippen LogP contribution in [0.5, 0.6) is 0 Å². The molecule has 1 fully saturated rings. The number of hydrogen-bond acceptors (Lipinski definition) is 2. The van der Waals surface area contributed by atoms with Gasteiger partial charge in [0.25, 0.3) is 0 Å². The molecule has 1 heterocycles. The Bertz CT molecular complexity index is 347. The van der Waals surface area contributed by atoms with Gasteiger partial charge in [-0.05, 0) is 26.3 Å². The van der Waals surface area contributed by atoms with Crippen molar-refractivity contribution in [3.63, 3.8) is 0 Å². The molecule has 88 valence electrons. The molecule has 1 aromatic carbocycles. The summed E-state index contributed by atoms with van der Waals surface area (Å²) in [6.07, 6.45) is 0.963. The quantitative estimate of drug-likeness (QED) is 0.824. The van der Waals surface area contributed by atoms with Crippen molar-refractivity contribution in [2.75, 3.05) is 13.1 Å². The summed E-state index contributed by atoms with van der Waals surface area (Å²) >= 11 is 0. The van der Waals surface area contributed by atoms with Crippen molar-refractivity contribution in [1.29, 1.82) is 0 Å². The molecule has 0 aromatic heterocycles. The minimum Gasteiger partial charge on any atom is -0.366 e. The summed E-state index contributed by atoms with van der Waals surface area (Å²) in [5.74, 6) is 0. The van der Waals surface area contributed by atoms with E-state index in [9.17, 15) is 0 Å². The maximum Gasteiger partial charge on any atom is 0.0826 e. The van der Waals surface area contributed by atoms with Gasteiger partial charge in [-0.1, -0.05) is 30.3 Å². The molecule has 2 heteroatoms. The average molecular weight is 219 g/mol. The topological polar surface area (TPSA) is 21.3 Å². The summed E-state index contributed by atoms with van der Waals surface area (Å²) < 4.78 is 6.20. The Kier molecular flexibility index (Phi) is 3.04. The molecule has 2 nitrogen and oxygen atoms in total. The molecule has 1 aliphatic rings. The Labute approximate surface area is 98.0 Å². The van der Waals surface area contributed by atoms with Crippen molar-refractivity contribution in [2.45, 2.75) is 38.4 Å². The zero-order valence-corrected chi connectivity index (χ0v) is 10.4. The number of nitrogens with one attached hydrogen (secondary N) is 1.